The van der Waals surface area contributed by atoms with Crippen LogP contribution in [0.1, 0.15) is 57.9 Å². The van der Waals surface area contributed by atoms with Crippen LogP contribution < -0.4 is 10.5 Å². The van der Waals surface area contributed by atoms with Crippen molar-refractivity contribution in [2.45, 2.75) is 70.9 Å². The average molecular weight is 354 g/mol. The number of hydrogen-bond acceptors (Lipinski definition) is 2. The lowest BCUT2D eigenvalue weighted by molar-refractivity contribution is 0.0896. The van der Waals surface area contributed by atoms with Gasteiger partial charge in [0, 0.05) is 6.04 Å². The van der Waals surface area contributed by atoms with Crippen molar-refractivity contribution in [2.24, 2.45) is 11.7 Å². The number of nitrogens with two attached hydrogens (primary N) is 1. The second-order valence-electron chi connectivity index (χ2n) is 6.25. The van der Waals surface area contributed by atoms with Gasteiger partial charge in [0.1, 0.15) is 11.9 Å². The number of ether oxygens (including phenoxy) is 1. The molecule has 0 saturated heterocycles. The Kier molecular flexibility index (Phi) is 6.56. The van der Waals surface area contributed by atoms with E-state index in [4.69, 9.17) is 10.5 Å². The molecule has 21 heavy (non-hydrogen) atoms. The van der Waals surface area contributed by atoms with Gasteiger partial charge >= 0.3 is 0 Å². The van der Waals surface area contributed by atoms with Crippen molar-refractivity contribution in [3.05, 3.63) is 28.2 Å². The van der Waals surface area contributed by atoms with Crippen LogP contribution in [-0.4, -0.2) is 12.1 Å². The molecular weight excluding hydrogens is 326 g/mol. The molecule has 0 aliphatic heterocycles. The number of halogens is 1. The highest BCUT2D eigenvalue weighted by Crippen LogP contribution is 2.34. The molecule has 3 unspecified atom stereocenters. The van der Waals surface area contributed by atoms with Gasteiger partial charge in [0.15, 0.2) is 0 Å². The molecule has 1 aliphatic carbocycles. The van der Waals surface area contributed by atoms with E-state index in [1.807, 2.05) is 0 Å². The van der Waals surface area contributed by atoms with Gasteiger partial charge < -0.3 is 10.5 Å². The molecule has 0 amide bonds. The van der Waals surface area contributed by atoms with Gasteiger partial charge in [0.25, 0.3) is 0 Å². The fraction of sp³-hybridized carbons (Fsp3) is 0.667. The molecule has 3 heteroatoms. The summed E-state index contributed by atoms with van der Waals surface area (Å²) in [6.45, 7) is 4.40. The second-order valence-corrected chi connectivity index (χ2v) is 7.10. The first-order chi connectivity index (χ1) is 10.1. The molecule has 3 atom stereocenters. The Bertz CT molecular complexity index is 449. The highest BCUT2D eigenvalue weighted by atomic mass is 79.9. The van der Waals surface area contributed by atoms with E-state index in [1.54, 1.807) is 0 Å². The van der Waals surface area contributed by atoms with Crippen LogP contribution in [0, 0.1) is 5.92 Å². The van der Waals surface area contributed by atoms with Gasteiger partial charge in [-0.2, -0.15) is 0 Å². The average Bonchev–Trinajstić information content (AvgIpc) is 2.50. The van der Waals surface area contributed by atoms with Crippen LogP contribution in [0.15, 0.2) is 22.7 Å². The predicted octanol–water partition coefficient (Wildman–Crippen LogP) is 5.08. The predicted molar refractivity (Wildman–Crippen MR) is 92.8 cm³/mol. The molecule has 0 heterocycles. The quantitative estimate of drug-likeness (QED) is 0.773. The van der Waals surface area contributed by atoms with Crippen molar-refractivity contribution in [1.82, 2.24) is 0 Å². The van der Waals surface area contributed by atoms with E-state index < -0.39 is 0 Å². The molecule has 2 rings (SSSR count). The van der Waals surface area contributed by atoms with Gasteiger partial charge in [-0.15, -0.1) is 0 Å². The Morgan fingerprint density at radius 3 is 2.71 bits per heavy atom. The molecule has 0 radical (unpaired) electrons. The minimum Gasteiger partial charge on any atom is -0.489 e. The van der Waals surface area contributed by atoms with Crippen molar-refractivity contribution >= 4 is 15.9 Å². The first-order valence-electron chi connectivity index (χ1n) is 8.34. The van der Waals surface area contributed by atoms with Gasteiger partial charge in [0.05, 0.1) is 4.47 Å². The van der Waals surface area contributed by atoms with Crippen LogP contribution >= 0.6 is 15.9 Å². The van der Waals surface area contributed by atoms with Gasteiger partial charge in [-0.25, -0.2) is 0 Å². The van der Waals surface area contributed by atoms with Crippen molar-refractivity contribution in [3.63, 3.8) is 0 Å². The number of benzene rings is 1. The zero-order chi connectivity index (χ0) is 15.2. The number of rotatable bonds is 6. The third-order valence-electron chi connectivity index (χ3n) is 4.66. The zero-order valence-electron chi connectivity index (χ0n) is 13.3. The Labute approximate surface area is 137 Å². The van der Waals surface area contributed by atoms with Gasteiger partial charge in [-0.1, -0.05) is 26.3 Å². The van der Waals surface area contributed by atoms with Gasteiger partial charge in [-0.05, 0) is 78.1 Å². The maximum atomic E-state index is 6.30. The molecule has 2 nitrogen and oxygen atoms in total. The monoisotopic (exact) mass is 353 g/mol. The second kappa shape index (κ2) is 8.19. The molecule has 1 fully saturated rings. The topological polar surface area (TPSA) is 35.2 Å². The molecule has 0 aromatic heterocycles. The SMILES string of the molecule is CCC(N)Cc1ccc(OC2CCCCC2CC)c(Br)c1. The minimum atomic E-state index is 0.242. The van der Waals surface area contributed by atoms with Crippen LogP contribution in [0.3, 0.4) is 0 Å². The highest BCUT2D eigenvalue weighted by molar-refractivity contribution is 9.10. The standard InChI is InChI=1S/C18H28BrNO/c1-3-14-7-5-6-8-17(14)21-18-10-9-13(12-16(18)19)11-15(20)4-2/h9-10,12,14-15,17H,3-8,11,20H2,1-2H3. The van der Waals surface area contributed by atoms with Crippen LogP contribution in [0.4, 0.5) is 0 Å². The van der Waals surface area contributed by atoms with Crippen LogP contribution in [-0.2, 0) is 6.42 Å². The van der Waals surface area contributed by atoms with E-state index in [2.05, 4.69) is 48.0 Å². The summed E-state index contributed by atoms with van der Waals surface area (Å²) in [5.41, 5.74) is 7.31. The molecular formula is C18H28BrNO. The maximum Gasteiger partial charge on any atom is 0.133 e. The smallest absolute Gasteiger partial charge is 0.133 e. The molecule has 1 aromatic rings. The summed E-state index contributed by atoms with van der Waals surface area (Å²) in [6.07, 6.45) is 8.67. The molecule has 1 aliphatic rings. The summed E-state index contributed by atoms with van der Waals surface area (Å²) in [6, 6.07) is 6.66. The Morgan fingerprint density at radius 2 is 2.05 bits per heavy atom. The lowest BCUT2D eigenvalue weighted by atomic mass is 9.85. The minimum absolute atomic E-state index is 0.242. The maximum absolute atomic E-state index is 6.30. The first-order valence-corrected chi connectivity index (χ1v) is 9.14. The molecule has 1 saturated carbocycles. The lowest BCUT2D eigenvalue weighted by Gasteiger charge is -2.31. The van der Waals surface area contributed by atoms with Crippen molar-refractivity contribution in [1.29, 1.82) is 0 Å². The molecule has 0 spiro atoms. The first kappa shape index (κ1) is 16.8. The van der Waals surface area contributed by atoms with Gasteiger partial charge in [-0.3, -0.25) is 0 Å². The Hall–Kier alpha value is -0.540. The number of hydrogen-bond donors (Lipinski definition) is 1. The fourth-order valence-electron chi connectivity index (χ4n) is 3.17. The van der Waals surface area contributed by atoms with Crippen molar-refractivity contribution < 1.29 is 4.74 Å². The Morgan fingerprint density at radius 1 is 1.29 bits per heavy atom. The molecule has 118 valence electrons. The largest absolute Gasteiger partial charge is 0.489 e. The summed E-state index contributed by atoms with van der Waals surface area (Å²) >= 11 is 3.66. The third-order valence-corrected chi connectivity index (χ3v) is 5.28. The van der Waals surface area contributed by atoms with E-state index in [0.29, 0.717) is 12.0 Å². The molecule has 2 N–H and O–H groups in total. The van der Waals surface area contributed by atoms with Crippen molar-refractivity contribution in [2.75, 3.05) is 0 Å². The van der Waals surface area contributed by atoms with Crippen LogP contribution in [0.2, 0.25) is 0 Å². The van der Waals surface area contributed by atoms with Crippen LogP contribution in [0.5, 0.6) is 5.75 Å². The lowest BCUT2D eigenvalue weighted by Crippen LogP contribution is -2.30. The van der Waals surface area contributed by atoms with Crippen LogP contribution in [0.25, 0.3) is 0 Å². The summed E-state index contributed by atoms with van der Waals surface area (Å²) in [5, 5.41) is 0. The Balaban J connectivity index is 2.03. The summed E-state index contributed by atoms with van der Waals surface area (Å²) in [4.78, 5) is 0. The fourth-order valence-corrected chi connectivity index (χ4v) is 3.69. The molecule has 1 aromatic carbocycles. The summed E-state index contributed by atoms with van der Waals surface area (Å²) < 4.78 is 7.36. The summed E-state index contributed by atoms with van der Waals surface area (Å²) in [7, 11) is 0. The van der Waals surface area contributed by atoms with E-state index in [1.165, 1.54) is 37.7 Å². The molecule has 0 bridgehead atoms. The van der Waals surface area contributed by atoms with E-state index in [9.17, 15) is 0 Å². The third kappa shape index (κ3) is 4.72. The highest BCUT2D eigenvalue weighted by Gasteiger charge is 2.25. The summed E-state index contributed by atoms with van der Waals surface area (Å²) in [5.74, 6) is 1.69. The van der Waals surface area contributed by atoms with E-state index in [0.717, 1.165) is 23.1 Å². The van der Waals surface area contributed by atoms with E-state index >= 15 is 0 Å². The normalized spacial score (nSPS) is 23.8. The zero-order valence-corrected chi connectivity index (χ0v) is 14.9. The van der Waals surface area contributed by atoms with E-state index in [-0.39, 0.29) is 6.04 Å². The van der Waals surface area contributed by atoms with Crippen molar-refractivity contribution in [3.8, 4) is 5.75 Å². The van der Waals surface area contributed by atoms with Gasteiger partial charge in [0.2, 0.25) is 0 Å².